The Labute approximate surface area is 187 Å². The third-order valence-corrected chi connectivity index (χ3v) is 8.86. The Kier molecular flexibility index (Phi) is 21.5. The van der Waals surface area contributed by atoms with Gasteiger partial charge in [-0.3, -0.25) is 0 Å². The molecule has 0 spiro atoms. The highest BCUT2D eigenvalue weighted by molar-refractivity contribution is 6.73. The van der Waals surface area contributed by atoms with Crippen molar-refractivity contribution in [3.8, 4) is 0 Å². The van der Waals surface area contributed by atoms with Crippen LogP contribution in [0.1, 0.15) is 142 Å². The van der Waals surface area contributed by atoms with Crippen molar-refractivity contribution in [3.05, 3.63) is 0 Å². The van der Waals surface area contributed by atoms with Crippen LogP contribution in [0.2, 0.25) is 19.6 Å². The van der Waals surface area contributed by atoms with Crippen LogP contribution >= 0.6 is 0 Å². The Balaban J connectivity index is 3.61. The standard InChI is InChI=1S/C27H59NSi/c1-6-8-10-12-14-16-18-20-22-24-26-28(29(3,4)5)27-25-23-21-19-17-15-13-11-9-7-2/h6-27H2,1-5H3. The van der Waals surface area contributed by atoms with Gasteiger partial charge >= 0.3 is 0 Å². The number of hydrogen-bond acceptors (Lipinski definition) is 1. The number of unbranched alkanes of at least 4 members (excludes halogenated alkanes) is 18. The normalized spacial score (nSPS) is 12.2. The van der Waals surface area contributed by atoms with E-state index in [0.717, 1.165) is 0 Å². The Hall–Kier alpha value is 0.177. The highest BCUT2D eigenvalue weighted by Crippen LogP contribution is 2.16. The molecule has 0 fully saturated rings. The molecule has 0 aliphatic carbocycles. The van der Waals surface area contributed by atoms with E-state index >= 15 is 0 Å². The van der Waals surface area contributed by atoms with Crippen molar-refractivity contribution >= 4 is 8.24 Å². The van der Waals surface area contributed by atoms with E-state index in [1.165, 1.54) is 142 Å². The first-order valence-corrected chi connectivity index (χ1v) is 17.2. The lowest BCUT2D eigenvalue weighted by Crippen LogP contribution is -2.47. The molecule has 0 aliphatic heterocycles. The molecule has 0 radical (unpaired) electrons. The molecule has 0 amide bonds. The molecule has 176 valence electrons. The van der Waals surface area contributed by atoms with Crippen LogP contribution in [0.15, 0.2) is 0 Å². The summed E-state index contributed by atoms with van der Waals surface area (Å²) < 4.78 is 2.89. The van der Waals surface area contributed by atoms with Crippen molar-refractivity contribution in [2.75, 3.05) is 13.1 Å². The Morgan fingerprint density at radius 1 is 0.379 bits per heavy atom. The lowest BCUT2D eigenvalue weighted by molar-refractivity contribution is 0.387. The van der Waals surface area contributed by atoms with E-state index in [1.54, 1.807) is 0 Å². The van der Waals surface area contributed by atoms with Crippen LogP contribution in [0.3, 0.4) is 0 Å². The summed E-state index contributed by atoms with van der Waals surface area (Å²) in [6.45, 7) is 15.0. The molecule has 0 atom stereocenters. The zero-order valence-electron chi connectivity index (χ0n) is 21.5. The fourth-order valence-electron chi connectivity index (χ4n) is 4.36. The second-order valence-electron chi connectivity index (χ2n) is 10.5. The first kappa shape index (κ1) is 29.2. The molecule has 29 heavy (non-hydrogen) atoms. The molecule has 0 aromatic rings. The monoisotopic (exact) mass is 425 g/mol. The van der Waals surface area contributed by atoms with Crippen LogP contribution < -0.4 is 0 Å². The Bertz CT molecular complexity index is 286. The maximum absolute atomic E-state index is 2.89. The summed E-state index contributed by atoms with van der Waals surface area (Å²) in [6, 6.07) is 0. The summed E-state index contributed by atoms with van der Waals surface area (Å²) >= 11 is 0. The summed E-state index contributed by atoms with van der Waals surface area (Å²) in [5.41, 5.74) is 0. The predicted octanol–water partition coefficient (Wildman–Crippen LogP) is 9.97. The molecule has 0 heterocycles. The fourth-order valence-corrected chi connectivity index (χ4v) is 6.02. The number of rotatable bonds is 23. The molecule has 0 aromatic heterocycles. The Morgan fingerprint density at radius 3 is 0.862 bits per heavy atom. The van der Waals surface area contributed by atoms with E-state index < -0.39 is 8.24 Å². The Morgan fingerprint density at radius 2 is 0.621 bits per heavy atom. The van der Waals surface area contributed by atoms with Crippen LogP contribution in [0.5, 0.6) is 0 Å². The molecular weight excluding hydrogens is 366 g/mol. The summed E-state index contributed by atoms with van der Waals surface area (Å²) in [5.74, 6) is 0. The lowest BCUT2D eigenvalue weighted by Gasteiger charge is -2.34. The van der Waals surface area contributed by atoms with Gasteiger partial charge in [-0.15, -0.1) is 0 Å². The second kappa shape index (κ2) is 21.4. The smallest absolute Gasteiger partial charge is 0.119 e. The van der Waals surface area contributed by atoms with E-state index in [0.29, 0.717) is 0 Å². The molecule has 1 nitrogen and oxygen atoms in total. The van der Waals surface area contributed by atoms with E-state index in [2.05, 4.69) is 38.1 Å². The van der Waals surface area contributed by atoms with Gasteiger partial charge in [0.2, 0.25) is 0 Å². The largest absolute Gasteiger partial charge is 0.324 e. The quantitative estimate of drug-likeness (QED) is 0.116. The van der Waals surface area contributed by atoms with Crippen LogP contribution in [0.4, 0.5) is 0 Å². The molecular formula is C27H59NSi. The van der Waals surface area contributed by atoms with Crippen LogP contribution in [-0.2, 0) is 0 Å². The minimum atomic E-state index is -1.14. The minimum absolute atomic E-state index is 1.14. The first-order chi connectivity index (χ1) is 14.0. The molecule has 0 saturated heterocycles. The second-order valence-corrected chi connectivity index (χ2v) is 15.5. The van der Waals surface area contributed by atoms with Gasteiger partial charge in [-0.05, 0) is 25.9 Å². The average Bonchev–Trinajstić information content (AvgIpc) is 2.68. The van der Waals surface area contributed by atoms with Crippen molar-refractivity contribution in [1.82, 2.24) is 4.57 Å². The summed E-state index contributed by atoms with van der Waals surface area (Å²) in [6.07, 6.45) is 29.0. The summed E-state index contributed by atoms with van der Waals surface area (Å²) in [5, 5.41) is 0. The highest BCUT2D eigenvalue weighted by atomic mass is 28.3. The van der Waals surface area contributed by atoms with Gasteiger partial charge in [-0.25, -0.2) is 0 Å². The topological polar surface area (TPSA) is 3.24 Å². The zero-order valence-corrected chi connectivity index (χ0v) is 22.5. The zero-order chi connectivity index (χ0) is 21.6. The molecule has 2 heteroatoms. The van der Waals surface area contributed by atoms with Gasteiger partial charge in [-0.1, -0.05) is 149 Å². The van der Waals surface area contributed by atoms with E-state index in [4.69, 9.17) is 0 Å². The van der Waals surface area contributed by atoms with Gasteiger partial charge in [0.25, 0.3) is 0 Å². The van der Waals surface area contributed by atoms with Crippen molar-refractivity contribution in [1.29, 1.82) is 0 Å². The van der Waals surface area contributed by atoms with Crippen molar-refractivity contribution in [2.24, 2.45) is 0 Å². The lowest BCUT2D eigenvalue weighted by atomic mass is 10.1. The van der Waals surface area contributed by atoms with E-state index in [1.807, 2.05) is 0 Å². The number of nitrogens with zero attached hydrogens (tertiary/aromatic N) is 1. The van der Waals surface area contributed by atoms with Gasteiger partial charge < -0.3 is 4.57 Å². The van der Waals surface area contributed by atoms with Crippen molar-refractivity contribution in [3.63, 3.8) is 0 Å². The SMILES string of the molecule is CCCCCCCCCCCCN(CCCCCCCCCCCC)[Si](C)(C)C. The van der Waals surface area contributed by atoms with Crippen molar-refractivity contribution in [2.45, 2.75) is 162 Å². The van der Waals surface area contributed by atoms with Crippen LogP contribution in [0.25, 0.3) is 0 Å². The van der Waals surface area contributed by atoms with E-state index in [9.17, 15) is 0 Å². The highest BCUT2D eigenvalue weighted by Gasteiger charge is 2.22. The number of hydrogen-bond donors (Lipinski definition) is 0. The van der Waals surface area contributed by atoms with Gasteiger partial charge in [0, 0.05) is 0 Å². The molecule has 0 aliphatic rings. The van der Waals surface area contributed by atoms with Gasteiger partial charge in [0.1, 0.15) is 8.24 Å². The molecule has 0 aromatic carbocycles. The maximum Gasteiger partial charge on any atom is 0.119 e. The molecule has 0 rings (SSSR count). The predicted molar refractivity (Wildman–Crippen MR) is 139 cm³/mol. The van der Waals surface area contributed by atoms with Gasteiger partial charge in [0.15, 0.2) is 0 Å². The summed E-state index contributed by atoms with van der Waals surface area (Å²) in [7, 11) is -1.14. The minimum Gasteiger partial charge on any atom is -0.324 e. The molecule has 0 unspecified atom stereocenters. The van der Waals surface area contributed by atoms with Crippen molar-refractivity contribution < 1.29 is 0 Å². The van der Waals surface area contributed by atoms with Gasteiger partial charge in [-0.2, -0.15) is 0 Å². The average molecular weight is 426 g/mol. The van der Waals surface area contributed by atoms with Gasteiger partial charge in [0.05, 0.1) is 0 Å². The molecule has 0 saturated carbocycles. The fraction of sp³-hybridized carbons (Fsp3) is 1.00. The maximum atomic E-state index is 2.89. The van der Waals surface area contributed by atoms with Crippen LogP contribution in [-0.4, -0.2) is 25.9 Å². The molecule has 0 bridgehead atoms. The summed E-state index contributed by atoms with van der Waals surface area (Å²) in [4.78, 5) is 0. The van der Waals surface area contributed by atoms with Crippen LogP contribution in [0, 0.1) is 0 Å². The first-order valence-electron chi connectivity index (χ1n) is 13.8. The van der Waals surface area contributed by atoms with E-state index in [-0.39, 0.29) is 0 Å². The third kappa shape index (κ3) is 21.2. The third-order valence-electron chi connectivity index (χ3n) is 6.51. The molecule has 0 N–H and O–H groups in total.